The van der Waals surface area contributed by atoms with Crippen molar-refractivity contribution >= 4 is 33.4 Å². The van der Waals surface area contributed by atoms with E-state index in [0.717, 1.165) is 12.0 Å². The van der Waals surface area contributed by atoms with Gasteiger partial charge in [0.15, 0.2) is 0 Å². The number of carbonyl (C=O) groups is 2. The number of amides is 2. The van der Waals surface area contributed by atoms with E-state index >= 15 is 0 Å². The highest BCUT2D eigenvalue weighted by molar-refractivity contribution is 9.10. The van der Waals surface area contributed by atoms with Gasteiger partial charge in [-0.3, -0.25) is 9.59 Å². The standard InChI is InChI=1S/C25H22BrFN2O3/c26-18-11-12-20(21(27)15-18)23(16-6-2-1-3-7-16)29-24(30)17-8-4-9-19(14-17)28-25(31)22-10-5-13-32-22/h1-4,6-9,11-12,14-15,22-23H,5,10,13H2,(H,28,31)(H,29,30). The molecule has 0 bridgehead atoms. The minimum Gasteiger partial charge on any atom is -0.368 e. The van der Waals surface area contributed by atoms with E-state index in [2.05, 4.69) is 26.6 Å². The average molecular weight is 497 g/mol. The molecule has 3 aromatic carbocycles. The lowest BCUT2D eigenvalue weighted by Crippen LogP contribution is -2.30. The third-order valence-corrected chi connectivity index (χ3v) is 5.79. The van der Waals surface area contributed by atoms with Crippen LogP contribution in [0.2, 0.25) is 0 Å². The molecule has 3 aromatic rings. The molecule has 0 aliphatic carbocycles. The van der Waals surface area contributed by atoms with Gasteiger partial charge in [-0.1, -0.05) is 58.4 Å². The number of hydrogen-bond donors (Lipinski definition) is 2. The maximum absolute atomic E-state index is 14.8. The summed E-state index contributed by atoms with van der Waals surface area (Å²) in [5, 5.41) is 5.73. The monoisotopic (exact) mass is 496 g/mol. The van der Waals surface area contributed by atoms with Crippen LogP contribution in [0.25, 0.3) is 0 Å². The van der Waals surface area contributed by atoms with Gasteiger partial charge < -0.3 is 15.4 Å². The van der Waals surface area contributed by atoms with Gasteiger partial charge in [-0.05, 0) is 48.7 Å². The van der Waals surface area contributed by atoms with E-state index in [1.54, 1.807) is 36.4 Å². The van der Waals surface area contributed by atoms with Gasteiger partial charge in [-0.2, -0.15) is 0 Å². The Balaban J connectivity index is 1.56. The Hall–Kier alpha value is -3.03. The van der Waals surface area contributed by atoms with E-state index in [4.69, 9.17) is 4.74 Å². The van der Waals surface area contributed by atoms with Crippen LogP contribution in [0.5, 0.6) is 0 Å². The van der Waals surface area contributed by atoms with Crippen LogP contribution in [0, 0.1) is 5.82 Å². The molecule has 1 heterocycles. The summed E-state index contributed by atoms with van der Waals surface area (Å²) in [7, 11) is 0. The lowest BCUT2D eigenvalue weighted by Gasteiger charge is -2.21. The van der Waals surface area contributed by atoms with Gasteiger partial charge in [0.25, 0.3) is 11.8 Å². The van der Waals surface area contributed by atoms with Crippen molar-refractivity contribution in [1.82, 2.24) is 5.32 Å². The first kappa shape index (κ1) is 22.2. The van der Waals surface area contributed by atoms with Gasteiger partial charge in [0.2, 0.25) is 0 Å². The first-order valence-electron chi connectivity index (χ1n) is 10.3. The SMILES string of the molecule is O=C(NC(c1ccccc1)c1ccc(Br)cc1F)c1cccc(NC(=O)C2CCCO2)c1. The van der Waals surface area contributed by atoms with Crippen LogP contribution in [0.4, 0.5) is 10.1 Å². The Bertz CT molecular complexity index is 1120. The molecule has 0 aromatic heterocycles. The first-order chi connectivity index (χ1) is 15.5. The van der Waals surface area contributed by atoms with E-state index in [-0.39, 0.29) is 11.8 Å². The van der Waals surface area contributed by atoms with Gasteiger partial charge in [-0.15, -0.1) is 0 Å². The van der Waals surface area contributed by atoms with Crippen LogP contribution in [-0.2, 0) is 9.53 Å². The maximum atomic E-state index is 14.8. The summed E-state index contributed by atoms with van der Waals surface area (Å²) in [5.41, 5.74) is 1.97. The molecule has 0 spiro atoms. The molecule has 164 valence electrons. The van der Waals surface area contributed by atoms with Crippen molar-refractivity contribution in [1.29, 1.82) is 0 Å². The first-order valence-corrected chi connectivity index (χ1v) is 11.1. The second-order valence-corrected chi connectivity index (χ2v) is 8.47. The predicted molar refractivity (Wildman–Crippen MR) is 124 cm³/mol. The van der Waals surface area contributed by atoms with E-state index in [1.165, 1.54) is 6.07 Å². The molecule has 1 saturated heterocycles. The van der Waals surface area contributed by atoms with Crippen molar-refractivity contribution in [2.75, 3.05) is 11.9 Å². The number of ether oxygens (including phenoxy) is 1. The summed E-state index contributed by atoms with van der Waals surface area (Å²) in [5.74, 6) is -1.03. The average Bonchev–Trinajstić information content (AvgIpc) is 3.34. The third-order valence-electron chi connectivity index (χ3n) is 5.30. The molecule has 7 heteroatoms. The van der Waals surface area contributed by atoms with Crippen molar-refractivity contribution in [3.63, 3.8) is 0 Å². The molecule has 1 aliphatic heterocycles. The van der Waals surface area contributed by atoms with Crippen LogP contribution < -0.4 is 10.6 Å². The zero-order chi connectivity index (χ0) is 22.5. The topological polar surface area (TPSA) is 67.4 Å². The van der Waals surface area contributed by atoms with Gasteiger partial charge in [0, 0.05) is 27.9 Å². The van der Waals surface area contributed by atoms with Crippen molar-refractivity contribution in [3.8, 4) is 0 Å². The van der Waals surface area contributed by atoms with Crippen LogP contribution in [-0.4, -0.2) is 24.5 Å². The molecular weight excluding hydrogens is 475 g/mol. The lowest BCUT2D eigenvalue weighted by atomic mass is 9.97. The Morgan fingerprint density at radius 3 is 2.56 bits per heavy atom. The quantitative estimate of drug-likeness (QED) is 0.491. The van der Waals surface area contributed by atoms with Crippen molar-refractivity contribution in [2.24, 2.45) is 0 Å². The normalized spacial score (nSPS) is 16.4. The predicted octanol–water partition coefficient (Wildman–Crippen LogP) is 5.23. The fraction of sp³-hybridized carbons (Fsp3) is 0.200. The smallest absolute Gasteiger partial charge is 0.253 e. The van der Waals surface area contributed by atoms with Gasteiger partial charge >= 0.3 is 0 Å². The van der Waals surface area contributed by atoms with Crippen LogP contribution in [0.1, 0.15) is 40.4 Å². The van der Waals surface area contributed by atoms with Gasteiger partial charge in [0.1, 0.15) is 11.9 Å². The van der Waals surface area contributed by atoms with E-state index in [0.29, 0.717) is 34.3 Å². The van der Waals surface area contributed by atoms with Crippen molar-refractivity contribution in [3.05, 3.63) is 99.8 Å². The summed E-state index contributed by atoms with van der Waals surface area (Å²) in [6, 6.07) is 20.0. The largest absolute Gasteiger partial charge is 0.368 e. The maximum Gasteiger partial charge on any atom is 0.253 e. The van der Waals surface area contributed by atoms with Crippen LogP contribution in [0.3, 0.4) is 0 Å². The number of rotatable bonds is 6. The molecule has 1 aliphatic rings. The van der Waals surface area contributed by atoms with Gasteiger partial charge in [-0.25, -0.2) is 4.39 Å². The molecule has 4 rings (SSSR count). The van der Waals surface area contributed by atoms with Crippen LogP contribution >= 0.6 is 15.9 Å². The highest BCUT2D eigenvalue weighted by Gasteiger charge is 2.24. The van der Waals surface area contributed by atoms with E-state index < -0.39 is 18.0 Å². The van der Waals surface area contributed by atoms with Gasteiger partial charge in [0.05, 0.1) is 6.04 Å². The minimum absolute atomic E-state index is 0.223. The minimum atomic E-state index is -0.679. The zero-order valence-corrected chi connectivity index (χ0v) is 18.8. The number of benzene rings is 3. The number of carbonyl (C=O) groups excluding carboxylic acids is 2. The Labute approximate surface area is 194 Å². The van der Waals surface area contributed by atoms with Crippen LogP contribution in [0.15, 0.2) is 77.3 Å². The fourth-order valence-electron chi connectivity index (χ4n) is 3.68. The van der Waals surface area contributed by atoms with Crippen molar-refractivity contribution < 1.29 is 18.7 Å². The highest BCUT2D eigenvalue weighted by Crippen LogP contribution is 2.27. The number of anilines is 1. The highest BCUT2D eigenvalue weighted by atomic mass is 79.9. The number of hydrogen-bond acceptors (Lipinski definition) is 3. The Kier molecular flexibility index (Phi) is 6.97. The summed E-state index contributed by atoms with van der Waals surface area (Å²) in [6.45, 7) is 0.577. The molecule has 2 atom stereocenters. The van der Waals surface area contributed by atoms with E-state index in [1.807, 2.05) is 30.3 Å². The number of halogens is 2. The molecule has 32 heavy (non-hydrogen) atoms. The van der Waals surface area contributed by atoms with Crippen molar-refractivity contribution in [2.45, 2.75) is 25.0 Å². The molecule has 0 radical (unpaired) electrons. The third kappa shape index (κ3) is 5.23. The second kappa shape index (κ2) is 10.1. The Morgan fingerprint density at radius 2 is 1.84 bits per heavy atom. The second-order valence-electron chi connectivity index (χ2n) is 7.55. The fourth-order valence-corrected chi connectivity index (χ4v) is 4.01. The molecule has 0 saturated carbocycles. The molecule has 1 fully saturated rings. The molecule has 2 unspecified atom stereocenters. The summed E-state index contributed by atoms with van der Waals surface area (Å²) in [4.78, 5) is 25.4. The number of nitrogens with one attached hydrogen (secondary N) is 2. The zero-order valence-electron chi connectivity index (χ0n) is 17.2. The Morgan fingerprint density at radius 1 is 1.03 bits per heavy atom. The summed E-state index contributed by atoms with van der Waals surface area (Å²) >= 11 is 3.27. The summed E-state index contributed by atoms with van der Waals surface area (Å²) in [6.07, 6.45) is 1.08. The molecule has 5 nitrogen and oxygen atoms in total. The molecule has 2 N–H and O–H groups in total. The molecular formula is C25H22BrFN2O3. The lowest BCUT2D eigenvalue weighted by molar-refractivity contribution is -0.124. The van der Waals surface area contributed by atoms with E-state index in [9.17, 15) is 14.0 Å². The summed E-state index contributed by atoms with van der Waals surface area (Å²) < 4.78 is 20.8. The molecule has 2 amide bonds.